The summed E-state index contributed by atoms with van der Waals surface area (Å²) < 4.78 is 14.8. The van der Waals surface area contributed by atoms with Gasteiger partial charge < -0.3 is 15.0 Å². The van der Waals surface area contributed by atoms with E-state index in [0.717, 1.165) is 6.07 Å². The van der Waals surface area contributed by atoms with Crippen LogP contribution in [0.1, 0.15) is 10.5 Å². The molecule has 0 bridgehead atoms. The molecule has 2 aromatic rings. The van der Waals surface area contributed by atoms with Crippen LogP contribution < -0.4 is 5.32 Å². The van der Waals surface area contributed by atoms with Gasteiger partial charge in [0.1, 0.15) is 18.1 Å². The molecule has 0 spiro atoms. The van der Waals surface area contributed by atoms with Crippen LogP contribution in [0, 0.1) is 5.82 Å². The monoisotopic (exact) mass is 296 g/mol. The molecule has 1 aromatic heterocycles. The Morgan fingerprint density at radius 3 is 2.80 bits per heavy atom. The third kappa shape index (κ3) is 3.16. The normalized spacial score (nSPS) is 10.3. The number of benzene rings is 1. The minimum atomic E-state index is -1.08. The maximum Gasteiger partial charge on any atom is 0.323 e. The lowest BCUT2D eigenvalue weighted by Crippen LogP contribution is -2.19. The van der Waals surface area contributed by atoms with E-state index in [1.165, 1.54) is 35.0 Å². The predicted molar refractivity (Wildman–Crippen MR) is 71.4 cm³/mol. The fourth-order valence-corrected chi connectivity index (χ4v) is 1.86. The van der Waals surface area contributed by atoms with Crippen molar-refractivity contribution in [2.75, 3.05) is 5.32 Å². The van der Waals surface area contributed by atoms with Gasteiger partial charge in [-0.15, -0.1) is 0 Å². The molecule has 0 unspecified atom stereocenters. The molecule has 2 N–H and O–H groups in total. The summed E-state index contributed by atoms with van der Waals surface area (Å²) in [5, 5.41) is 11.4. The number of nitrogens with zero attached hydrogens (tertiary/aromatic N) is 1. The van der Waals surface area contributed by atoms with Gasteiger partial charge in [0.2, 0.25) is 0 Å². The summed E-state index contributed by atoms with van der Waals surface area (Å²) in [5.74, 6) is -2.32. The van der Waals surface area contributed by atoms with Gasteiger partial charge in [-0.1, -0.05) is 11.6 Å². The van der Waals surface area contributed by atoms with Crippen LogP contribution in [0.25, 0.3) is 0 Å². The second kappa shape index (κ2) is 5.75. The highest BCUT2D eigenvalue weighted by Gasteiger charge is 2.14. The van der Waals surface area contributed by atoms with Crippen molar-refractivity contribution < 1.29 is 19.1 Å². The van der Waals surface area contributed by atoms with E-state index in [-0.39, 0.29) is 22.9 Å². The molecule has 0 atom stereocenters. The molecule has 0 aliphatic carbocycles. The van der Waals surface area contributed by atoms with E-state index in [1.807, 2.05) is 0 Å². The Hall–Kier alpha value is -2.34. The predicted octanol–water partition coefficient (Wildman–Crippen LogP) is 2.62. The summed E-state index contributed by atoms with van der Waals surface area (Å²) >= 11 is 5.72. The summed E-state index contributed by atoms with van der Waals surface area (Å²) in [6.07, 6.45) is 1.46. The van der Waals surface area contributed by atoms with Crippen molar-refractivity contribution in [2.45, 2.75) is 6.54 Å². The third-order valence-electron chi connectivity index (χ3n) is 2.54. The third-order valence-corrected chi connectivity index (χ3v) is 2.78. The second-order valence-electron chi connectivity index (χ2n) is 3.99. The average molecular weight is 297 g/mol. The fraction of sp³-hybridized carbons (Fsp3) is 0.0769. The maximum atomic E-state index is 13.5. The smallest absolute Gasteiger partial charge is 0.323 e. The lowest BCUT2D eigenvalue weighted by molar-refractivity contribution is -0.137. The van der Waals surface area contributed by atoms with E-state index in [0.29, 0.717) is 0 Å². The van der Waals surface area contributed by atoms with Crippen LogP contribution in [0.2, 0.25) is 5.02 Å². The topological polar surface area (TPSA) is 71.3 Å². The lowest BCUT2D eigenvalue weighted by atomic mass is 10.3. The van der Waals surface area contributed by atoms with Crippen molar-refractivity contribution >= 4 is 29.2 Å². The van der Waals surface area contributed by atoms with Gasteiger partial charge >= 0.3 is 5.97 Å². The van der Waals surface area contributed by atoms with Crippen molar-refractivity contribution in [3.63, 3.8) is 0 Å². The van der Waals surface area contributed by atoms with E-state index in [1.54, 1.807) is 0 Å². The molecule has 5 nitrogen and oxygen atoms in total. The summed E-state index contributed by atoms with van der Waals surface area (Å²) in [5.41, 5.74) is 0.0531. The molecule has 2 rings (SSSR count). The Kier molecular flexibility index (Phi) is 4.05. The van der Waals surface area contributed by atoms with Crippen molar-refractivity contribution in [2.24, 2.45) is 0 Å². The quantitative estimate of drug-likeness (QED) is 0.911. The first-order valence-corrected chi connectivity index (χ1v) is 5.98. The van der Waals surface area contributed by atoms with Crippen LogP contribution in [0.15, 0.2) is 36.5 Å². The largest absolute Gasteiger partial charge is 0.480 e. The van der Waals surface area contributed by atoms with Gasteiger partial charge in [-0.25, -0.2) is 4.39 Å². The fourth-order valence-electron chi connectivity index (χ4n) is 1.68. The molecule has 20 heavy (non-hydrogen) atoms. The number of carbonyl (C=O) groups is 2. The number of anilines is 1. The number of carbonyl (C=O) groups excluding carboxylic acids is 1. The number of hydrogen-bond donors (Lipinski definition) is 2. The molecule has 104 valence electrons. The maximum absolute atomic E-state index is 13.5. The molecule has 0 aliphatic heterocycles. The Bertz CT molecular complexity index is 669. The summed E-state index contributed by atoms with van der Waals surface area (Å²) in [6, 6.07) is 6.75. The molecule has 1 amide bonds. The molecule has 0 saturated heterocycles. The number of rotatable bonds is 4. The lowest BCUT2D eigenvalue weighted by Gasteiger charge is -2.09. The van der Waals surface area contributed by atoms with E-state index < -0.39 is 17.7 Å². The zero-order valence-corrected chi connectivity index (χ0v) is 10.9. The minimum absolute atomic E-state index is 0.0643. The summed E-state index contributed by atoms with van der Waals surface area (Å²) in [4.78, 5) is 22.7. The molecule has 0 saturated carbocycles. The van der Waals surface area contributed by atoms with E-state index >= 15 is 0 Å². The highest BCUT2D eigenvalue weighted by atomic mass is 35.5. The first-order valence-electron chi connectivity index (χ1n) is 5.60. The van der Waals surface area contributed by atoms with Crippen LogP contribution in [0.3, 0.4) is 0 Å². The first-order chi connectivity index (χ1) is 9.47. The number of carboxylic acids is 1. The SMILES string of the molecule is O=C(O)Cn1cccc1C(=O)Nc1cc(Cl)ccc1F. The Morgan fingerprint density at radius 2 is 2.10 bits per heavy atom. The van der Waals surface area contributed by atoms with Gasteiger partial charge in [-0.3, -0.25) is 9.59 Å². The van der Waals surface area contributed by atoms with Crippen LogP contribution in [-0.2, 0) is 11.3 Å². The van der Waals surface area contributed by atoms with E-state index in [9.17, 15) is 14.0 Å². The van der Waals surface area contributed by atoms with Crippen molar-refractivity contribution in [3.05, 3.63) is 53.1 Å². The summed E-state index contributed by atoms with van der Waals surface area (Å²) in [7, 11) is 0. The van der Waals surface area contributed by atoms with Crippen LogP contribution in [0.4, 0.5) is 10.1 Å². The van der Waals surface area contributed by atoms with Gasteiger partial charge in [0.25, 0.3) is 5.91 Å². The molecule has 0 radical (unpaired) electrons. The summed E-state index contributed by atoms with van der Waals surface area (Å²) in [6.45, 7) is -0.353. The molecule has 0 aliphatic rings. The van der Waals surface area contributed by atoms with Crippen LogP contribution in [-0.4, -0.2) is 21.6 Å². The molecular weight excluding hydrogens is 287 g/mol. The van der Waals surface area contributed by atoms with Gasteiger partial charge in [0, 0.05) is 11.2 Å². The number of nitrogens with one attached hydrogen (secondary N) is 1. The van der Waals surface area contributed by atoms with E-state index in [2.05, 4.69) is 5.32 Å². The van der Waals surface area contributed by atoms with Gasteiger partial charge in [-0.05, 0) is 30.3 Å². The zero-order chi connectivity index (χ0) is 14.7. The molecule has 1 heterocycles. The molecule has 1 aromatic carbocycles. The minimum Gasteiger partial charge on any atom is -0.480 e. The Labute approximate surface area is 118 Å². The number of aliphatic carboxylic acids is 1. The van der Waals surface area contributed by atoms with Gasteiger partial charge in [0.05, 0.1) is 5.69 Å². The first kappa shape index (κ1) is 14.1. The van der Waals surface area contributed by atoms with Crippen LogP contribution in [0.5, 0.6) is 0 Å². The van der Waals surface area contributed by atoms with Crippen molar-refractivity contribution in [1.29, 1.82) is 0 Å². The van der Waals surface area contributed by atoms with Gasteiger partial charge in [-0.2, -0.15) is 0 Å². The average Bonchev–Trinajstić information content (AvgIpc) is 2.81. The highest BCUT2D eigenvalue weighted by Crippen LogP contribution is 2.20. The molecule has 7 heteroatoms. The molecule has 0 fully saturated rings. The molecular formula is C13H10ClFN2O3. The highest BCUT2D eigenvalue weighted by molar-refractivity contribution is 6.31. The number of carboxylic acid groups (broad SMARTS) is 1. The van der Waals surface area contributed by atoms with E-state index in [4.69, 9.17) is 16.7 Å². The standard InChI is InChI=1S/C13H10ClFN2O3/c14-8-3-4-9(15)10(6-8)16-13(20)11-2-1-5-17(11)7-12(18)19/h1-6H,7H2,(H,16,20)(H,18,19). The number of hydrogen-bond acceptors (Lipinski definition) is 2. The second-order valence-corrected chi connectivity index (χ2v) is 4.43. The number of halogens is 2. The van der Waals surface area contributed by atoms with Crippen molar-refractivity contribution in [1.82, 2.24) is 4.57 Å². The zero-order valence-electron chi connectivity index (χ0n) is 10.1. The Balaban J connectivity index is 2.22. The Morgan fingerprint density at radius 1 is 1.35 bits per heavy atom. The van der Waals surface area contributed by atoms with Gasteiger partial charge in [0.15, 0.2) is 0 Å². The van der Waals surface area contributed by atoms with Crippen LogP contribution >= 0.6 is 11.6 Å². The van der Waals surface area contributed by atoms with Crippen molar-refractivity contribution in [3.8, 4) is 0 Å². The number of amides is 1. The number of aromatic nitrogens is 1.